The Morgan fingerprint density at radius 2 is 2.14 bits per heavy atom. The maximum absolute atomic E-state index is 12.7. The first-order valence-electron chi connectivity index (χ1n) is 7.46. The summed E-state index contributed by atoms with van der Waals surface area (Å²) in [6.45, 7) is 4.50. The fraction of sp³-hybridized carbons (Fsp3) is 0.438. The van der Waals surface area contributed by atoms with Crippen molar-refractivity contribution in [3.63, 3.8) is 0 Å². The van der Waals surface area contributed by atoms with Crippen LogP contribution < -0.4 is 5.56 Å². The second-order valence-electron chi connectivity index (χ2n) is 5.87. The first kappa shape index (κ1) is 14.6. The highest BCUT2D eigenvalue weighted by atomic mass is 16.2. The van der Waals surface area contributed by atoms with Gasteiger partial charge in [0, 0.05) is 37.0 Å². The summed E-state index contributed by atoms with van der Waals surface area (Å²) in [5.74, 6) is -0.122. The van der Waals surface area contributed by atoms with E-state index in [4.69, 9.17) is 0 Å². The van der Waals surface area contributed by atoms with Gasteiger partial charge >= 0.3 is 0 Å². The number of aromatic nitrogens is 3. The summed E-state index contributed by atoms with van der Waals surface area (Å²) in [5, 5.41) is 4.41. The number of carbonyl (C=O) groups excluding carboxylic acids is 1. The number of carbonyl (C=O) groups is 1. The molecule has 6 nitrogen and oxygen atoms in total. The van der Waals surface area contributed by atoms with E-state index in [1.54, 1.807) is 12.1 Å². The maximum Gasteiger partial charge on any atom is 0.270 e. The Hall–Kier alpha value is -2.37. The van der Waals surface area contributed by atoms with Crippen LogP contribution in [-0.2, 0) is 13.6 Å². The Morgan fingerprint density at radius 3 is 2.68 bits per heavy atom. The Labute approximate surface area is 128 Å². The molecule has 116 valence electrons. The minimum absolute atomic E-state index is 0.122. The summed E-state index contributed by atoms with van der Waals surface area (Å²) < 4.78 is 1.84. The summed E-state index contributed by atoms with van der Waals surface area (Å²) in [7, 11) is 1.91. The topological polar surface area (TPSA) is 71.0 Å². The zero-order chi connectivity index (χ0) is 15.9. The van der Waals surface area contributed by atoms with Crippen LogP contribution in [0.15, 0.2) is 23.0 Å². The third kappa shape index (κ3) is 2.68. The quantitative estimate of drug-likeness (QED) is 0.931. The molecule has 0 spiro atoms. The normalized spacial score (nSPS) is 14.1. The van der Waals surface area contributed by atoms with E-state index < -0.39 is 0 Å². The molecule has 1 N–H and O–H groups in total. The van der Waals surface area contributed by atoms with Crippen LogP contribution in [0, 0.1) is 13.8 Å². The molecule has 0 aliphatic heterocycles. The van der Waals surface area contributed by atoms with E-state index in [9.17, 15) is 9.59 Å². The molecule has 0 saturated heterocycles. The molecule has 22 heavy (non-hydrogen) atoms. The second kappa shape index (κ2) is 5.44. The molecule has 2 aromatic heterocycles. The first-order chi connectivity index (χ1) is 10.5. The lowest BCUT2D eigenvalue weighted by atomic mass is 10.1. The van der Waals surface area contributed by atoms with E-state index in [1.165, 1.54) is 6.07 Å². The van der Waals surface area contributed by atoms with Crippen LogP contribution in [0.25, 0.3) is 0 Å². The Morgan fingerprint density at radius 1 is 1.41 bits per heavy atom. The van der Waals surface area contributed by atoms with Gasteiger partial charge in [-0.05, 0) is 32.8 Å². The van der Waals surface area contributed by atoms with Gasteiger partial charge in [-0.2, -0.15) is 5.10 Å². The molecule has 2 heterocycles. The number of hydrogen-bond donors (Lipinski definition) is 1. The van der Waals surface area contributed by atoms with E-state index in [-0.39, 0.29) is 17.5 Å². The van der Waals surface area contributed by atoms with Crippen molar-refractivity contribution in [2.45, 2.75) is 39.3 Å². The highest BCUT2D eigenvalue weighted by Gasteiger charge is 2.34. The largest absolute Gasteiger partial charge is 0.330 e. The van der Waals surface area contributed by atoms with Crippen molar-refractivity contribution in [2.24, 2.45) is 7.05 Å². The van der Waals surface area contributed by atoms with Gasteiger partial charge in [0.15, 0.2) is 0 Å². The lowest BCUT2D eigenvalue weighted by Crippen LogP contribution is -2.34. The summed E-state index contributed by atoms with van der Waals surface area (Å²) in [5.41, 5.74) is 3.19. The zero-order valence-corrected chi connectivity index (χ0v) is 13.1. The van der Waals surface area contributed by atoms with Crippen LogP contribution in [0.5, 0.6) is 0 Å². The number of aryl methyl sites for hydroxylation is 2. The molecule has 1 aliphatic carbocycles. The molecule has 0 aromatic carbocycles. The molecule has 3 rings (SSSR count). The Balaban J connectivity index is 1.90. The minimum atomic E-state index is -0.254. The number of nitrogens with one attached hydrogen (secondary N) is 1. The average Bonchev–Trinajstić information content (AvgIpc) is 3.28. The molecular formula is C16H20N4O2. The number of pyridine rings is 1. The summed E-state index contributed by atoms with van der Waals surface area (Å²) in [6.07, 6.45) is 2.03. The number of H-pyrrole nitrogens is 1. The highest BCUT2D eigenvalue weighted by Crippen LogP contribution is 2.30. The van der Waals surface area contributed by atoms with Crippen molar-refractivity contribution in [3.8, 4) is 0 Å². The molecule has 1 saturated carbocycles. The molecule has 1 fully saturated rings. The van der Waals surface area contributed by atoms with Crippen LogP contribution in [0.3, 0.4) is 0 Å². The Kier molecular flexibility index (Phi) is 3.60. The number of amides is 1. The number of aromatic amines is 1. The number of nitrogens with zero attached hydrogens (tertiary/aromatic N) is 3. The molecule has 0 unspecified atom stereocenters. The smallest absolute Gasteiger partial charge is 0.270 e. The highest BCUT2D eigenvalue weighted by molar-refractivity contribution is 5.92. The van der Waals surface area contributed by atoms with E-state index in [2.05, 4.69) is 10.1 Å². The lowest BCUT2D eigenvalue weighted by Gasteiger charge is -2.22. The van der Waals surface area contributed by atoms with Gasteiger partial charge in [-0.1, -0.05) is 6.07 Å². The average molecular weight is 300 g/mol. The molecule has 1 amide bonds. The summed E-state index contributed by atoms with van der Waals surface area (Å²) in [4.78, 5) is 28.6. The van der Waals surface area contributed by atoms with Crippen LogP contribution in [0.1, 0.15) is 40.3 Å². The zero-order valence-electron chi connectivity index (χ0n) is 13.1. The third-order valence-electron chi connectivity index (χ3n) is 4.23. The maximum atomic E-state index is 12.7. The minimum Gasteiger partial charge on any atom is -0.330 e. The molecule has 0 radical (unpaired) electrons. The summed E-state index contributed by atoms with van der Waals surface area (Å²) in [6, 6.07) is 4.93. The van der Waals surface area contributed by atoms with Crippen molar-refractivity contribution >= 4 is 5.91 Å². The van der Waals surface area contributed by atoms with Gasteiger partial charge in [0.25, 0.3) is 5.91 Å². The van der Waals surface area contributed by atoms with Gasteiger partial charge in [-0.15, -0.1) is 0 Å². The fourth-order valence-electron chi connectivity index (χ4n) is 2.70. The SMILES string of the molecule is Cc1nn(C)c(C)c1CN(C(=O)c1cccc(=O)[nH]1)C1CC1. The van der Waals surface area contributed by atoms with Gasteiger partial charge in [0.2, 0.25) is 5.56 Å². The van der Waals surface area contributed by atoms with Gasteiger partial charge in [-0.3, -0.25) is 14.3 Å². The van der Waals surface area contributed by atoms with Crippen molar-refractivity contribution in [2.75, 3.05) is 0 Å². The second-order valence-corrected chi connectivity index (χ2v) is 5.87. The van der Waals surface area contributed by atoms with Gasteiger partial charge in [0.1, 0.15) is 5.69 Å². The van der Waals surface area contributed by atoms with Crippen molar-refractivity contribution < 1.29 is 4.79 Å². The molecule has 0 bridgehead atoms. The molecular weight excluding hydrogens is 280 g/mol. The van der Waals surface area contributed by atoms with E-state index in [1.807, 2.05) is 30.5 Å². The van der Waals surface area contributed by atoms with Crippen molar-refractivity contribution in [1.82, 2.24) is 19.7 Å². The monoisotopic (exact) mass is 300 g/mol. The van der Waals surface area contributed by atoms with Crippen molar-refractivity contribution in [3.05, 3.63) is 51.2 Å². The molecule has 6 heteroatoms. The van der Waals surface area contributed by atoms with E-state index in [0.717, 1.165) is 29.8 Å². The predicted molar refractivity (Wildman–Crippen MR) is 82.6 cm³/mol. The molecule has 1 aliphatic rings. The predicted octanol–water partition coefficient (Wildman–Crippen LogP) is 1.53. The first-order valence-corrected chi connectivity index (χ1v) is 7.46. The van der Waals surface area contributed by atoms with Gasteiger partial charge in [-0.25, -0.2) is 0 Å². The summed E-state index contributed by atoms with van der Waals surface area (Å²) >= 11 is 0. The van der Waals surface area contributed by atoms with Gasteiger partial charge < -0.3 is 9.88 Å². The van der Waals surface area contributed by atoms with E-state index in [0.29, 0.717) is 12.2 Å². The van der Waals surface area contributed by atoms with Crippen LogP contribution in [0.2, 0.25) is 0 Å². The standard InChI is InChI=1S/C16H20N4O2/c1-10-13(11(2)19(3)18-10)9-20(12-7-8-12)16(22)14-5-4-6-15(21)17-14/h4-6,12H,7-9H2,1-3H3,(H,17,21). The van der Waals surface area contributed by atoms with Gasteiger partial charge in [0.05, 0.1) is 5.69 Å². The van der Waals surface area contributed by atoms with Crippen LogP contribution in [0.4, 0.5) is 0 Å². The van der Waals surface area contributed by atoms with E-state index >= 15 is 0 Å². The number of rotatable bonds is 4. The van der Waals surface area contributed by atoms with Crippen LogP contribution in [-0.4, -0.2) is 31.6 Å². The third-order valence-corrected chi connectivity index (χ3v) is 4.23. The van der Waals surface area contributed by atoms with Crippen molar-refractivity contribution in [1.29, 1.82) is 0 Å². The Bertz CT molecular complexity index is 771. The fourth-order valence-corrected chi connectivity index (χ4v) is 2.70. The molecule has 0 atom stereocenters. The lowest BCUT2D eigenvalue weighted by molar-refractivity contribution is 0.0723. The molecule has 2 aromatic rings. The van der Waals surface area contributed by atoms with Crippen LogP contribution >= 0.6 is 0 Å². The number of hydrogen-bond acceptors (Lipinski definition) is 3.